The number of aromatic nitrogens is 1. The summed E-state index contributed by atoms with van der Waals surface area (Å²) >= 11 is 3.42. The van der Waals surface area contributed by atoms with E-state index in [0.29, 0.717) is 13.0 Å². The quantitative estimate of drug-likeness (QED) is 0.194. The van der Waals surface area contributed by atoms with Crippen molar-refractivity contribution in [2.75, 3.05) is 10.7 Å². The zero-order valence-electron chi connectivity index (χ0n) is 18.6. The SMILES string of the molecule is CCc1ccc2nc(N(Cc3ccccc3)C(=O)CCCSc3ccc(C)cc3)sc2c1. The molecule has 0 saturated carbocycles. The number of aryl methyl sites for hydroxylation is 2. The monoisotopic (exact) mass is 460 g/mol. The van der Waals surface area contributed by atoms with E-state index in [2.05, 4.69) is 68.4 Å². The lowest BCUT2D eigenvalue weighted by Crippen LogP contribution is -2.30. The van der Waals surface area contributed by atoms with Gasteiger partial charge in [-0.1, -0.05) is 72.4 Å². The van der Waals surface area contributed by atoms with Crippen molar-refractivity contribution in [2.45, 2.75) is 44.6 Å². The smallest absolute Gasteiger partial charge is 0.229 e. The first-order valence-corrected chi connectivity index (χ1v) is 12.9. The lowest BCUT2D eigenvalue weighted by molar-refractivity contribution is -0.118. The Morgan fingerprint density at radius 3 is 2.53 bits per heavy atom. The predicted molar refractivity (Wildman–Crippen MR) is 138 cm³/mol. The van der Waals surface area contributed by atoms with E-state index in [1.165, 1.54) is 16.0 Å². The molecule has 0 aliphatic rings. The molecular weight excluding hydrogens is 432 g/mol. The van der Waals surface area contributed by atoms with Crippen molar-refractivity contribution in [3.05, 3.63) is 89.5 Å². The molecule has 1 heterocycles. The minimum atomic E-state index is 0.133. The second kappa shape index (κ2) is 10.8. The van der Waals surface area contributed by atoms with Crippen molar-refractivity contribution in [1.29, 1.82) is 0 Å². The first-order chi connectivity index (χ1) is 15.6. The number of carbonyl (C=O) groups excluding carboxylic acids is 1. The zero-order chi connectivity index (χ0) is 22.3. The number of hydrogen-bond acceptors (Lipinski definition) is 4. The van der Waals surface area contributed by atoms with Crippen molar-refractivity contribution in [3.8, 4) is 0 Å². The number of thiazole rings is 1. The molecule has 4 aromatic rings. The van der Waals surface area contributed by atoms with Gasteiger partial charge in [-0.15, -0.1) is 11.8 Å². The molecule has 5 heteroatoms. The number of rotatable bonds is 9. The minimum Gasteiger partial charge on any atom is -0.284 e. The molecule has 3 aromatic carbocycles. The van der Waals surface area contributed by atoms with Crippen LogP contribution in [0, 0.1) is 6.92 Å². The molecule has 1 aromatic heterocycles. The lowest BCUT2D eigenvalue weighted by atomic mass is 10.2. The first-order valence-electron chi connectivity index (χ1n) is 11.1. The number of benzene rings is 3. The fourth-order valence-corrected chi connectivity index (χ4v) is 5.40. The highest BCUT2D eigenvalue weighted by molar-refractivity contribution is 7.99. The highest BCUT2D eigenvalue weighted by atomic mass is 32.2. The van der Waals surface area contributed by atoms with Crippen LogP contribution in [-0.4, -0.2) is 16.6 Å². The normalized spacial score (nSPS) is 11.1. The second-order valence-corrected chi connectivity index (χ2v) is 10.1. The maximum Gasteiger partial charge on any atom is 0.229 e. The van der Waals surface area contributed by atoms with Gasteiger partial charge in [-0.25, -0.2) is 4.98 Å². The summed E-state index contributed by atoms with van der Waals surface area (Å²) in [7, 11) is 0. The number of fused-ring (bicyclic) bond motifs is 1. The van der Waals surface area contributed by atoms with Gasteiger partial charge in [-0.3, -0.25) is 9.69 Å². The van der Waals surface area contributed by atoms with Gasteiger partial charge >= 0.3 is 0 Å². The van der Waals surface area contributed by atoms with Crippen LogP contribution in [0.25, 0.3) is 10.2 Å². The number of hydrogen-bond donors (Lipinski definition) is 0. The number of anilines is 1. The Labute approximate surface area is 198 Å². The van der Waals surface area contributed by atoms with E-state index in [0.717, 1.165) is 39.5 Å². The van der Waals surface area contributed by atoms with Crippen molar-refractivity contribution >= 4 is 44.4 Å². The van der Waals surface area contributed by atoms with Gasteiger partial charge in [-0.05, 0) is 60.9 Å². The summed E-state index contributed by atoms with van der Waals surface area (Å²) in [5.74, 6) is 1.06. The zero-order valence-corrected chi connectivity index (χ0v) is 20.2. The average molecular weight is 461 g/mol. The van der Waals surface area contributed by atoms with E-state index in [1.807, 2.05) is 23.1 Å². The number of thioether (sulfide) groups is 1. The fraction of sp³-hybridized carbons (Fsp3) is 0.259. The molecule has 0 radical (unpaired) electrons. The summed E-state index contributed by atoms with van der Waals surface area (Å²) in [6.07, 6.45) is 2.35. The van der Waals surface area contributed by atoms with E-state index < -0.39 is 0 Å². The van der Waals surface area contributed by atoms with Crippen LogP contribution in [0.15, 0.2) is 77.7 Å². The van der Waals surface area contributed by atoms with E-state index in [-0.39, 0.29) is 5.91 Å². The Balaban J connectivity index is 1.47. The molecule has 4 rings (SSSR count). The van der Waals surface area contributed by atoms with Crippen molar-refractivity contribution < 1.29 is 4.79 Å². The number of carbonyl (C=O) groups is 1. The summed E-state index contributed by atoms with van der Waals surface area (Å²) in [5, 5.41) is 0.785. The van der Waals surface area contributed by atoms with Gasteiger partial charge in [0.2, 0.25) is 5.91 Å². The van der Waals surface area contributed by atoms with Gasteiger partial charge < -0.3 is 0 Å². The molecule has 0 atom stereocenters. The molecule has 1 amide bonds. The lowest BCUT2D eigenvalue weighted by Gasteiger charge is -2.20. The van der Waals surface area contributed by atoms with E-state index in [1.54, 1.807) is 23.1 Å². The van der Waals surface area contributed by atoms with Crippen LogP contribution >= 0.6 is 23.1 Å². The summed E-state index contributed by atoms with van der Waals surface area (Å²) in [6, 6.07) is 25.1. The van der Waals surface area contributed by atoms with Gasteiger partial charge in [0.15, 0.2) is 5.13 Å². The Hall–Kier alpha value is -2.63. The molecule has 0 N–H and O–H groups in total. The second-order valence-electron chi connectivity index (χ2n) is 7.88. The molecule has 0 fully saturated rings. The van der Waals surface area contributed by atoms with E-state index in [4.69, 9.17) is 4.98 Å². The molecule has 164 valence electrons. The highest BCUT2D eigenvalue weighted by Gasteiger charge is 2.20. The van der Waals surface area contributed by atoms with Gasteiger partial charge in [0.25, 0.3) is 0 Å². The molecule has 0 bridgehead atoms. The van der Waals surface area contributed by atoms with Crippen LogP contribution in [-0.2, 0) is 17.8 Å². The van der Waals surface area contributed by atoms with Crippen LogP contribution in [0.3, 0.4) is 0 Å². The minimum absolute atomic E-state index is 0.133. The summed E-state index contributed by atoms with van der Waals surface area (Å²) in [6.45, 7) is 4.80. The van der Waals surface area contributed by atoms with Crippen LogP contribution in [0.2, 0.25) is 0 Å². The highest BCUT2D eigenvalue weighted by Crippen LogP contribution is 2.31. The van der Waals surface area contributed by atoms with Crippen molar-refractivity contribution in [2.24, 2.45) is 0 Å². The Kier molecular flexibility index (Phi) is 7.61. The predicted octanol–water partition coefficient (Wildman–Crippen LogP) is 7.27. The first kappa shape index (κ1) is 22.6. The maximum absolute atomic E-state index is 13.3. The van der Waals surface area contributed by atoms with E-state index >= 15 is 0 Å². The van der Waals surface area contributed by atoms with E-state index in [9.17, 15) is 4.79 Å². The van der Waals surface area contributed by atoms with Crippen LogP contribution < -0.4 is 4.90 Å². The molecule has 32 heavy (non-hydrogen) atoms. The molecule has 0 aliphatic heterocycles. The number of amides is 1. The molecule has 0 spiro atoms. The van der Waals surface area contributed by atoms with Gasteiger partial charge in [0.1, 0.15) is 0 Å². The number of nitrogens with zero attached hydrogens (tertiary/aromatic N) is 2. The molecule has 0 saturated heterocycles. The van der Waals surface area contributed by atoms with Crippen LogP contribution in [0.4, 0.5) is 5.13 Å². The molecule has 0 unspecified atom stereocenters. The third kappa shape index (κ3) is 5.78. The van der Waals surface area contributed by atoms with Crippen molar-refractivity contribution in [3.63, 3.8) is 0 Å². The summed E-state index contributed by atoms with van der Waals surface area (Å²) in [4.78, 5) is 21.2. The fourth-order valence-electron chi connectivity index (χ4n) is 3.50. The summed E-state index contributed by atoms with van der Waals surface area (Å²) < 4.78 is 1.14. The maximum atomic E-state index is 13.3. The molecular formula is C27H28N2OS2. The van der Waals surface area contributed by atoms with Gasteiger partial charge in [-0.2, -0.15) is 0 Å². The van der Waals surface area contributed by atoms with Gasteiger partial charge in [0, 0.05) is 11.3 Å². The molecule has 0 aliphatic carbocycles. The standard InChI is InChI=1S/C27H28N2OS2/c1-3-21-13-16-24-25(18-21)32-27(28-24)29(19-22-8-5-4-6-9-22)26(30)10-7-17-31-23-14-11-20(2)12-15-23/h4-6,8-9,11-16,18H,3,7,10,17,19H2,1-2H3. The largest absolute Gasteiger partial charge is 0.284 e. The van der Waals surface area contributed by atoms with Gasteiger partial charge in [0.05, 0.1) is 16.8 Å². The Morgan fingerprint density at radius 2 is 1.78 bits per heavy atom. The summed E-state index contributed by atoms with van der Waals surface area (Å²) in [5.41, 5.74) is 4.64. The third-order valence-corrected chi connectivity index (χ3v) is 7.53. The molecule has 3 nitrogen and oxygen atoms in total. The van der Waals surface area contributed by atoms with Crippen molar-refractivity contribution in [1.82, 2.24) is 4.98 Å². The topological polar surface area (TPSA) is 33.2 Å². The Bertz CT molecular complexity index is 1170. The van der Waals surface area contributed by atoms with Crippen LogP contribution in [0.5, 0.6) is 0 Å². The average Bonchev–Trinajstić information content (AvgIpc) is 3.25. The Morgan fingerprint density at radius 1 is 1.00 bits per heavy atom. The third-order valence-electron chi connectivity index (χ3n) is 5.39. The van der Waals surface area contributed by atoms with Crippen LogP contribution in [0.1, 0.15) is 36.5 Å².